The maximum absolute atomic E-state index is 12.4. The number of hydrogen-bond acceptors (Lipinski definition) is 3. The van der Waals surface area contributed by atoms with Crippen molar-refractivity contribution < 1.29 is 9.59 Å². The Morgan fingerprint density at radius 2 is 2.17 bits per heavy atom. The van der Waals surface area contributed by atoms with E-state index in [4.69, 9.17) is 0 Å². The number of anilines is 2. The van der Waals surface area contributed by atoms with Gasteiger partial charge in [-0.05, 0) is 25.1 Å². The number of hydrogen-bond donors (Lipinski definition) is 2. The topological polar surface area (TPSA) is 61.4 Å². The Kier molecular flexibility index (Phi) is 2.76. The second kappa shape index (κ2) is 4.42. The molecule has 5 heteroatoms. The molecule has 2 aliphatic heterocycles. The van der Waals surface area contributed by atoms with E-state index < -0.39 is 0 Å². The monoisotopic (exact) mass is 245 g/mol. The summed E-state index contributed by atoms with van der Waals surface area (Å²) in [6.07, 6.45) is 0.846. The van der Waals surface area contributed by atoms with E-state index in [0.717, 1.165) is 18.7 Å². The highest BCUT2D eigenvalue weighted by molar-refractivity contribution is 6.10. The lowest BCUT2D eigenvalue weighted by molar-refractivity contribution is -0.124. The first-order chi connectivity index (χ1) is 8.75. The Hall–Kier alpha value is -1.88. The summed E-state index contributed by atoms with van der Waals surface area (Å²) in [4.78, 5) is 25.7. The highest BCUT2D eigenvalue weighted by Crippen LogP contribution is 2.30. The first kappa shape index (κ1) is 11.2. The van der Waals surface area contributed by atoms with Gasteiger partial charge in [-0.1, -0.05) is 12.1 Å². The molecule has 1 aromatic carbocycles. The third kappa shape index (κ3) is 1.86. The van der Waals surface area contributed by atoms with E-state index in [2.05, 4.69) is 10.6 Å². The first-order valence-electron chi connectivity index (χ1n) is 6.16. The van der Waals surface area contributed by atoms with Gasteiger partial charge in [0, 0.05) is 6.54 Å². The molecular formula is C13H15N3O2. The van der Waals surface area contributed by atoms with Gasteiger partial charge in [0.15, 0.2) is 0 Å². The van der Waals surface area contributed by atoms with Gasteiger partial charge in [-0.15, -0.1) is 0 Å². The molecule has 3 rings (SSSR count). The van der Waals surface area contributed by atoms with Crippen LogP contribution in [-0.4, -0.2) is 31.4 Å². The van der Waals surface area contributed by atoms with Crippen molar-refractivity contribution in [3.63, 3.8) is 0 Å². The zero-order valence-corrected chi connectivity index (χ0v) is 9.98. The average molecular weight is 245 g/mol. The summed E-state index contributed by atoms with van der Waals surface area (Å²) in [7, 11) is 0. The number of nitrogens with zero attached hydrogens (tertiary/aromatic N) is 1. The van der Waals surface area contributed by atoms with Crippen LogP contribution < -0.4 is 15.5 Å². The fourth-order valence-corrected chi connectivity index (χ4v) is 2.52. The number of carbonyl (C=O) groups is 2. The Morgan fingerprint density at radius 3 is 2.94 bits per heavy atom. The molecule has 1 aromatic rings. The minimum Gasteiger partial charge on any atom is -0.323 e. The van der Waals surface area contributed by atoms with Crippen molar-refractivity contribution in [2.75, 3.05) is 29.9 Å². The Bertz CT molecular complexity index is 495. The highest BCUT2D eigenvalue weighted by atomic mass is 16.2. The molecule has 94 valence electrons. The lowest BCUT2D eigenvalue weighted by Gasteiger charge is -2.30. The fraction of sp³-hybridized carbons (Fsp3) is 0.385. The molecule has 0 bridgehead atoms. The smallest absolute Gasteiger partial charge is 0.244 e. The molecule has 1 atom stereocenters. The van der Waals surface area contributed by atoms with Gasteiger partial charge in [-0.25, -0.2) is 0 Å². The average Bonchev–Trinajstić information content (AvgIpc) is 2.90. The standard InChI is InChI=1S/C13H15N3O2/c17-12-8-16(13(18)9-5-6-14-7-9)11-4-2-1-3-10(11)15-12/h1-4,9,14H,5-8H2,(H,15,17). The second-order valence-electron chi connectivity index (χ2n) is 4.68. The number of amides is 2. The van der Waals surface area contributed by atoms with Crippen molar-refractivity contribution in [2.45, 2.75) is 6.42 Å². The van der Waals surface area contributed by atoms with Crippen LogP contribution in [0.15, 0.2) is 24.3 Å². The molecule has 0 spiro atoms. The number of rotatable bonds is 1. The maximum atomic E-state index is 12.4. The normalized spacial score (nSPS) is 22.6. The van der Waals surface area contributed by atoms with E-state index in [1.807, 2.05) is 24.3 Å². The van der Waals surface area contributed by atoms with Crippen LogP contribution in [0.25, 0.3) is 0 Å². The third-order valence-electron chi connectivity index (χ3n) is 3.45. The van der Waals surface area contributed by atoms with E-state index >= 15 is 0 Å². The van der Waals surface area contributed by atoms with Crippen LogP contribution >= 0.6 is 0 Å². The number of carbonyl (C=O) groups excluding carboxylic acids is 2. The molecule has 0 aliphatic carbocycles. The lowest BCUT2D eigenvalue weighted by Crippen LogP contribution is -2.45. The van der Waals surface area contributed by atoms with Crippen LogP contribution in [0.3, 0.4) is 0 Å². The van der Waals surface area contributed by atoms with Gasteiger partial charge in [0.1, 0.15) is 6.54 Å². The summed E-state index contributed by atoms with van der Waals surface area (Å²) in [5.74, 6) is -0.0979. The predicted molar refractivity (Wildman–Crippen MR) is 68.4 cm³/mol. The molecule has 18 heavy (non-hydrogen) atoms. The van der Waals surface area contributed by atoms with Crippen molar-refractivity contribution in [1.29, 1.82) is 0 Å². The Labute approximate surface area is 105 Å². The number of fused-ring (bicyclic) bond motifs is 1. The van der Waals surface area contributed by atoms with Gasteiger partial charge >= 0.3 is 0 Å². The van der Waals surface area contributed by atoms with E-state index in [9.17, 15) is 9.59 Å². The molecule has 5 nitrogen and oxygen atoms in total. The molecule has 0 saturated carbocycles. The lowest BCUT2D eigenvalue weighted by atomic mass is 10.1. The van der Waals surface area contributed by atoms with Crippen LogP contribution in [0.1, 0.15) is 6.42 Å². The second-order valence-corrected chi connectivity index (χ2v) is 4.68. The third-order valence-corrected chi connectivity index (χ3v) is 3.45. The molecule has 0 aromatic heterocycles. The van der Waals surface area contributed by atoms with Crippen molar-refractivity contribution in [3.8, 4) is 0 Å². The summed E-state index contributed by atoms with van der Waals surface area (Å²) in [5.41, 5.74) is 1.52. The molecule has 1 saturated heterocycles. The van der Waals surface area contributed by atoms with Crippen LogP contribution in [0.2, 0.25) is 0 Å². The minimum atomic E-state index is -0.131. The molecule has 2 amide bonds. The van der Waals surface area contributed by atoms with Crippen molar-refractivity contribution >= 4 is 23.2 Å². The first-order valence-corrected chi connectivity index (χ1v) is 6.16. The van der Waals surface area contributed by atoms with E-state index in [0.29, 0.717) is 12.2 Å². The van der Waals surface area contributed by atoms with Gasteiger partial charge in [0.2, 0.25) is 11.8 Å². The quantitative estimate of drug-likeness (QED) is 0.761. The number of nitrogens with one attached hydrogen (secondary N) is 2. The summed E-state index contributed by atoms with van der Waals surface area (Å²) < 4.78 is 0. The largest absolute Gasteiger partial charge is 0.323 e. The van der Waals surface area contributed by atoms with Crippen LogP contribution in [0.5, 0.6) is 0 Å². The summed E-state index contributed by atoms with van der Waals surface area (Å²) in [5, 5.41) is 5.97. The molecule has 1 fully saturated rings. The van der Waals surface area contributed by atoms with Gasteiger partial charge in [-0.3, -0.25) is 9.59 Å². The van der Waals surface area contributed by atoms with Crippen molar-refractivity contribution in [3.05, 3.63) is 24.3 Å². The van der Waals surface area contributed by atoms with Gasteiger partial charge in [-0.2, -0.15) is 0 Å². The molecule has 2 aliphatic rings. The van der Waals surface area contributed by atoms with Gasteiger partial charge in [0.05, 0.1) is 17.3 Å². The summed E-state index contributed by atoms with van der Waals surface area (Å²) in [6.45, 7) is 1.70. The SMILES string of the molecule is O=C1CN(C(=O)C2CCNC2)c2ccccc2N1. The highest BCUT2D eigenvalue weighted by Gasteiger charge is 2.32. The van der Waals surface area contributed by atoms with Crippen molar-refractivity contribution in [1.82, 2.24) is 5.32 Å². The molecule has 1 unspecified atom stereocenters. The number of benzene rings is 1. The van der Waals surface area contributed by atoms with Crippen molar-refractivity contribution in [2.24, 2.45) is 5.92 Å². The fourth-order valence-electron chi connectivity index (χ4n) is 2.52. The van der Waals surface area contributed by atoms with Gasteiger partial charge < -0.3 is 15.5 Å². The maximum Gasteiger partial charge on any atom is 0.244 e. The summed E-state index contributed by atoms with van der Waals surface area (Å²) >= 11 is 0. The zero-order chi connectivity index (χ0) is 12.5. The summed E-state index contributed by atoms with van der Waals surface area (Å²) in [6, 6.07) is 7.42. The van der Waals surface area contributed by atoms with Crippen LogP contribution in [0, 0.1) is 5.92 Å². The van der Waals surface area contributed by atoms with E-state index in [1.165, 1.54) is 0 Å². The molecule has 2 heterocycles. The Balaban J connectivity index is 1.92. The molecule has 0 radical (unpaired) electrons. The van der Waals surface area contributed by atoms with E-state index in [1.54, 1.807) is 4.90 Å². The van der Waals surface area contributed by atoms with Gasteiger partial charge in [0.25, 0.3) is 0 Å². The minimum absolute atomic E-state index is 0.0102. The van der Waals surface area contributed by atoms with Crippen LogP contribution in [0.4, 0.5) is 11.4 Å². The number of para-hydroxylation sites is 2. The zero-order valence-electron chi connectivity index (χ0n) is 9.98. The molecular weight excluding hydrogens is 230 g/mol. The molecule has 2 N–H and O–H groups in total. The van der Waals surface area contributed by atoms with Crippen LogP contribution in [-0.2, 0) is 9.59 Å². The van der Waals surface area contributed by atoms with E-state index in [-0.39, 0.29) is 24.3 Å². The predicted octanol–water partition coefficient (Wildman–Crippen LogP) is 0.581. The Morgan fingerprint density at radius 1 is 1.33 bits per heavy atom.